The first-order valence-electron chi connectivity index (χ1n) is 4.54. The molecule has 1 unspecified atom stereocenters. The summed E-state index contributed by atoms with van der Waals surface area (Å²) in [5.41, 5.74) is 0. The molecular formula is C11H13NO2S. The molecule has 1 rings (SSSR count). The van der Waals surface area contributed by atoms with E-state index in [1.54, 1.807) is 37.3 Å². The van der Waals surface area contributed by atoms with Gasteiger partial charge in [-0.2, -0.15) is 4.36 Å². The number of hydrogen-bond acceptors (Lipinski definition) is 2. The molecule has 0 aliphatic carbocycles. The van der Waals surface area contributed by atoms with Crippen LogP contribution in [0.3, 0.4) is 0 Å². The van der Waals surface area contributed by atoms with Gasteiger partial charge in [-0.15, -0.1) is 0 Å². The van der Waals surface area contributed by atoms with E-state index in [4.69, 9.17) is 0 Å². The Morgan fingerprint density at radius 1 is 1.33 bits per heavy atom. The van der Waals surface area contributed by atoms with Gasteiger partial charge in [0.25, 0.3) is 5.91 Å². The summed E-state index contributed by atoms with van der Waals surface area (Å²) in [6.07, 6.45) is 1.64. The molecule has 0 aromatic heterocycles. The van der Waals surface area contributed by atoms with Gasteiger partial charge in [0, 0.05) is 12.3 Å². The number of carbonyl (C=O) groups is 1. The Hall–Kier alpha value is -1.42. The van der Waals surface area contributed by atoms with E-state index >= 15 is 0 Å². The zero-order valence-corrected chi connectivity index (χ0v) is 9.53. The SMILES string of the molecule is C/C=C/S(=O)(=NC(C)=O)c1ccccc1. The van der Waals surface area contributed by atoms with E-state index in [-0.39, 0.29) is 0 Å². The van der Waals surface area contributed by atoms with Gasteiger partial charge in [0.1, 0.15) is 9.73 Å². The van der Waals surface area contributed by atoms with Crippen molar-refractivity contribution in [3.8, 4) is 0 Å². The molecule has 15 heavy (non-hydrogen) atoms. The summed E-state index contributed by atoms with van der Waals surface area (Å²) in [6.45, 7) is 3.05. The molecule has 0 aliphatic heterocycles. The maximum absolute atomic E-state index is 12.3. The maximum atomic E-state index is 12.3. The second-order valence-corrected chi connectivity index (χ2v) is 5.02. The zero-order valence-electron chi connectivity index (χ0n) is 8.71. The highest BCUT2D eigenvalue weighted by atomic mass is 32.2. The molecule has 80 valence electrons. The molecule has 0 fully saturated rings. The lowest BCUT2D eigenvalue weighted by molar-refractivity contribution is -0.115. The zero-order chi connectivity index (χ0) is 11.3. The second-order valence-electron chi connectivity index (χ2n) is 2.96. The fourth-order valence-corrected chi connectivity index (χ4v) is 2.77. The summed E-state index contributed by atoms with van der Waals surface area (Å²) in [7, 11) is -2.72. The van der Waals surface area contributed by atoms with Crippen molar-refractivity contribution >= 4 is 15.6 Å². The first kappa shape index (κ1) is 11.7. The molecule has 1 amide bonds. The molecule has 1 atom stereocenters. The van der Waals surface area contributed by atoms with Crippen molar-refractivity contribution in [2.24, 2.45) is 4.36 Å². The van der Waals surface area contributed by atoms with E-state index in [9.17, 15) is 9.00 Å². The standard InChI is InChI=1S/C11H13NO2S/c1-3-9-15(14,12-10(2)13)11-7-5-4-6-8-11/h3-9H,1-2H3/b9-3+. The van der Waals surface area contributed by atoms with Crippen LogP contribution in [0.15, 0.2) is 51.1 Å². The van der Waals surface area contributed by atoms with E-state index in [0.29, 0.717) is 4.90 Å². The fraction of sp³-hybridized carbons (Fsp3) is 0.182. The molecule has 0 N–H and O–H groups in total. The highest BCUT2D eigenvalue weighted by Crippen LogP contribution is 2.14. The Labute approximate surface area is 90.0 Å². The van der Waals surface area contributed by atoms with Crippen molar-refractivity contribution in [2.75, 3.05) is 0 Å². The summed E-state index contributed by atoms with van der Waals surface area (Å²) in [4.78, 5) is 11.5. The topological polar surface area (TPSA) is 46.5 Å². The number of nitrogens with zero attached hydrogens (tertiary/aromatic N) is 1. The van der Waals surface area contributed by atoms with E-state index in [1.165, 1.54) is 12.3 Å². The van der Waals surface area contributed by atoms with Crippen LogP contribution < -0.4 is 0 Å². The van der Waals surface area contributed by atoms with Crippen molar-refractivity contribution < 1.29 is 9.00 Å². The number of rotatable bonds is 2. The van der Waals surface area contributed by atoms with Gasteiger partial charge in [0.2, 0.25) is 0 Å². The Kier molecular flexibility index (Phi) is 3.80. The summed E-state index contributed by atoms with van der Waals surface area (Å²) >= 11 is 0. The molecule has 4 heteroatoms. The van der Waals surface area contributed by atoms with Gasteiger partial charge in [-0.1, -0.05) is 24.3 Å². The minimum absolute atomic E-state index is 0.429. The molecular weight excluding hydrogens is 210 g/mol. The van der Waals surface area contributed by atoms with Crippen LogP contribution in [-0.2, 0) is 14.5 Å². The summed E-state index contributed by atoms with van der Waals surface area (Å²) in [6, 6.07) is 8.78. The molecule has 0 saturated heterocycles. The van der Waals surface area contributed by atoms with Gasteiger partial charge in [-0.3, -0.25) is 4.79 Å². The third-order valence-corrected chi connectivity index (χ3v) is 3.78. The van der Waals surface area contributed by atoms with Gasteiger partial charge in [-0.05, 0) is 19.1 Å². The molecule has 0 spiro atoms. The van der Waals surface area contributed by atoms with E-state index in [1.807, 2.05) is 6.07 Å². The minimum Gasteiger partial charge on any atom is -0.272 e. The van der Waals surface area contributed by atoms with Crippen LogP contribution in [0.5, 0.6) is 0 Å². The van der Waals surface area contributed by atoms with E-state index < -0.39 is 15.6 Å². The lowest BCUT2D eigenvalue weighted by Gasteiger charge is -2.03. The Morgan fingerprint density at radius 2 is 1.93 bits per heavy atom. The maximum Gasteiger partial charge on any atom is 0.251 e. The first-order chi connectivity index (χ1) is 7.08. The van der Waals surface area contributed by atoms with Gasteiger partial charge in [-0.25, -0.2) is 4.21 Å². The van der Waals surface area contributed by atoms with Crippen LogP contribution >= 0.6 is 0 Å². The number of carbonyl (C=O) groups excluding carboxylic acids is 1. The van der Waals surface area contributed by atoms with Crippen LogP contribution in [0.25, 0.3) is 0 Å². The molecule has 0 radical (unpaired) electrons. The third-order valence-electron chi connectivity index (χ3n) is 1.67. The predicted molar refractivity (Wildman–Crippen MR) is 60.8 cm³/mol. The van der Waals surface area contributed by atoms with Gasteiger partial charge in [0.05, 0.1) is 4.90 Å². The smallest absolute Gasteiger partial charge is 0.251 e. The molecule has 0 bridgehead atoms. The number of amides is 1. The average molecular weight is 223 g/mol. The second kappa shape index (κ2) is 4.89. The molecule has 0 saturated carbocycles. The average Bonchev–Trinajstić information content (AvgIpc) is 2.18. The van der Waals surface area contributed by atoms with Crippen LogP contribution in [-0.4, -0.2) is 10.1 Å². The van der Waals surface area contributed by atoms with Crippen molar-refractivity contribution in [1.29, 1.82) is 0 Å². The van der Waals surface area contributed by atoms with Crippen LogP contribution in [0.1, 0.15) is 13.8 Å². The Balaban J connectivity index is 3.39. The largest absolute Gasteiger partial charge is 0.272 e. The lowest BCUT2D eigenvalue weighted by atomic mass is 10.4. The van der Waals surface area contributed by atoms with Gasteiger partial charge < -0.3 is 0 Å². The fourth-order valence-electron chi connectivity index (χ4n) is 1.15. The van der Waals surface area contributed by atoms with E-state index in [0.717, 1.165) is 0 Å². The molecule has 3 nitrogen and oxygen atoms in total. The monoisotopic (exact) mass is 223 g/mol. The highest BCUT2D eigenvalue weighted by Gasteiger charge is 2.08. The number of benzene rings is 1. The number of allylic oxidation sites excluding steroid dienone is 1. The van der Waals surface area contributed by atoms with Crippen LogP contribution in [0, 0.1) is 0 Å². The predicted octanol–water partition coefficient (Wildman–Crippen LogP) is 2.59. The summed E-state index contributed by atoms with van der Waals surface area (Å²) < 4.78 is 16.0. The van der Waals surface area contributed by atoms with Gasteiger partial charge >= 0.3 is 0 Å². The van der Waals surface area contributed by atoms with Crippen LogP contribution in [0.4, 0.5) is 0 Å². The molecule has 0 aliphatic rings. The van der Waals surface area contributed by atoms with Crippen LogP contribution in [0.2, 0.25) is 0 Å². The lowest BCUT2D eigenvalue weighted by Crippen LogP contribution is -1.99. The van der Waals surface area contributed by atoms with Gasteiger partial charge in [0.15, 0.2) is 0 Å². The normalized spacial score (nSPS) is 14.8. The van der Waals surface area contributed by atoms with Crippen molar-refractivity contribution in [2.45, 2.75) is 18.7 Å². The summed E-state index contributed by atoms with van der Waals surface area (Å²) in [5, 5.41) is 1.46. The first-order valence-corrected chi connectivity index (χ1v) is 6.12. The summed E-state index contributed by atoms with van der Waals surface area (Å²) in [5.74, 6) is -0.429. The Bertz CT molecular complexity index is 483. The number of hydrogen-bond donors (Lipinski definition) is 0. The Morgan fingerprint density at radius 3 is 2.40 bits per heavy atom. The van der Waals surface area contributed by atoms with Crippen molar-refractivity contribution in [3.63, 3.8) is 0 Å². The molecule has 1 aromatic carbocycles. The van der Waals surface area contributed by atoms with Crippen molar-refractivity contribution in [1.82, 2.24) is 0 Å². The van der Waals surface area contributed by atoms with Crippen molar-refractivity contribution in [3.05, 3.63) is 41.8 Å². The highest BCUT2D eigenvalue weighted by molar-refractivity contribution is 7.96. The molecule has 0 heterocycles. The third kappa shape index (κ3) is 3.02. The quantitative estimate of drug-likeness (QED) is 0.773. The minimum atomic E-state index is -2.72. The van der Waals surface area contributed by atoms with E-state index in [2.05, 4.69) is 4.36 Å². The molecule has 1 aromatic rings.